The summed E-state index contributed by atoms with van der Waals surface area (Å²) in [4.78, 5) is 4.75. The molecular formula is C15H16N2O2S. The highest BCUT2D eigenvalue weighted by Crippen LogP contribution is 2.17. The van der Waals surface area contributed by atoms with Crippen LogP contribution in [0.4, 0.5) is 0 Å². The quantitative estimate of drug-likeness (QED) is 0.857. The Labute approximate surface area is 123 Å². The molecule has 0 bridgehead atoms. The molecule has 2 N–H and O–H groups in total. The van der Waals surface area contributed by atoms with Gasteiger partial charge in [0.25, 0.3) is 0 Å². The zero-order valence-electron chi connectivity index (χ0n) is 11.4. The van der Waals surface area contributed by atoms with Crippen molar-refractivity contribution in [2.24, 2.45) is 5.73 Å². The van der Waals surface area contributed by atoms with E-state index in [2.05, 4.69) is 4.98 Å². The maximum atomic E-state index is 5.70. The smallest absolute Gasteiger partial charge is 0.130 e. The van der Waals surface area contributed by atoms with Crippen LogP contribution in [0.1, 0.15) is 17.0 Å². The van der Waals surface area contributed by atoms with Gasteiger partial charge in [-0.15, -0.1) is 0 Å². The number of nitrogens with two attached hydrogens (primary N) is 1. The molecule has 4 nitrogen and oxygen atoms in total. The van der Waals surface area contributed by atoms with Crippen molar-refractivity contribution in [3.05, 3.63) is 53.3 Å². The first-order valence-corrected chi connectivity index (χ1v) is 6.53. The summed E-state index contributed by atoms with van der Waals surface area (Å²) < 4.78 is 10.9. The molecule has 0 radical (unpaired) electrons. The van der Waals surface area contributed by atoms with E-state index in [9.17, 15) is 0 Å². The van der Waals surface area contributed by atoms with E-state index < -0.39 is 0 Å². The van der Waals surface area contributed by atoms with E-state index in [0.29, 0.717) is 17.3 Å². The fourth-order valence-corrected chi connectivity index (χ4v) is 1.92. The Bertz CT molecular complexity index is 629. The van der Waals surface area contributed by atoms with Crippen molar-refractivity contribution in [2.75, 3.05) is 7.11 Å². The van der Waals surface area contributed by atoms with Crippen LogP contribution in [-0.2, 0) is 6.61 Å². The molecule has 20 heavy (non-hydrogen) atoms. The van der Waals surface area contributed by atoms with E-state index in [1.165, 1.54) is 0 Å². The molecule has 1 aromatic heterocycles. The summed E-state index contributed by atoms with van der Waals surface area (Å²) in [7, 11) is 1.63. The van der Waals surface area contributed by atoms with Gasteiger partial charge in [-0.25, -0.2) is 0 Å². The average molecular weight is 288 g/mol. The summed E-state index contributed by atoms with van der Waals surface area (Å²) in [6.07, 6.45) is 0. The van der Waals surface area contributed by atoms with Gasteiger partial charge in [0.2, 0.25) is 0 Å². The van der Waals surface area contributed by atoms with Crippen molar-refractivity contribution in [3.63, 3.8) is 0 Å². The predicted octanol–water partition coefficient (Wildman–Crippen LogP) is 2.61. The highest BCUT2D eigenvalue weighted by atomic mass is 32.1. The molecule has 1 heterocycles. The van der Waals surface area contributed by atoms with Gasteiger partial charge in [0.15, 0.2) is 0 Å². The maximum Gasteiger partial charge on any atom is 0.130 e. The normalized spacial score (nSPS) is 10.1. The molecule has 0 aliphatic rings. The molecule has 0 aliphatic carbocycles. The maximum absolute atomic E-state index is 5.70. The summed E-state index contributed by atoms with van der Waals surface area (Å²) in [6.45, 7) is 2.28. The minimum Gasteiger partial charge on any atom is -0.497 e. The summed E-state index contributed by atoms with van der Waals surface area (Å²) in [5, 5.41) is 0. The van der Waals surface area contributed by atoms with Gasteiger partial charge in [-0.2, -0.15) is 0 Å². The fraction of sp³-hybridized carbons (Fsp3) is 0.200. The first-order valence-electron chi connectivity index (χ1n) is 6.12. The van der Waals surface area contributed by atoms with E-state index in [0.717, 1.165) is 22.7 Å². The Morgan fingerprint density at radius 1 is 1.25 bits per heavy atom. The molecule has 0 spiro atoms. The van der Waals surface area contributed by atoms with Crippen molar-refractivity contribution < 1.29 is 9.47 Å². The second-order valence-electron chi connectivity index (χ2n) is 4.32. The average Bonchev–Trinajstić information content (AvgIpc) is 2.44. The fourth-order valence-electron chi connectivity index (χ4n) is 1.79. The third-order valence-corrected chi connectivity index (χ3v) is 2.96. The highest BCUT2D eigenvalue weighted by Gasteiger charge is 2.03. The Morgan fingerprint density at radius 3 is 2.75 bits per heavy atom. The SMILES string of the molecule is COc1cc(C)nc(COc2cccc(C(N)=S)c2)c1. The van der Waals surface area contributed by atoms with Crippen molar-refractivity contribution >= 4 is 17.2 Å². The first-order chi connectivity index (χ1) is 9.58. The van der Waals surface area contributed by atoms with E-state index in [-0.39, 0.29) is 0 Å². The monoisotopic (exact) mass is 288 g/mol. The minimum absolute atomic E-state index is 0.353. The molecule has 0 saturated carbocycles. The number of hydrogen-bond donors (Lipinski definition) is 1. The summed E-state index contributed by atoms with van der Waals surface area (Å²) in [5.74, 6) is 1.48. The second kappa shape index (κ2) is 6.34. The zero-order valence-corrected chi connectivity index (χ0v) is 12.2. The Hall–Kier alpha value is -2.14. The molecular weight excluding hydrogens is 272 g/mol. The number of benzene rings is 1. The highest BCUT2D eigenvalue weighted by molar-refractivity contribution is 7.80. The predicted molar refractivity (Wildman–Crippen MR) is 82.2 cm³/mol. The largest absolute Gasteiger partial charge is 0.497 e. The third-order valence-electron chi connectivity index (χ3n) is 2.72. The molecule has 0 unspecified atom stereocenters. The van der Waals surface area contributed by atoms with Crippen LogP contribution in [-0.4, -0.2) is 17.1 Å². The Balaban J connectivity index is 2.10. The molecule has 5 heteroatoms. The van der Waals surface area contributed by atoms with Crippen molar-refractivity contribution in [1.82, 2.24) is 4.98 Å². The lowest BCUT2D eigenvalue weighted by atomic mass is 10.2. The van der Waals surface area contributed by atoms with Crippen LogP contribution in [0, 0.1) is 6.92 Å². The van der Waals surface area contributed by atoms with E-state index in [1.807, 2.05) is 43.3 Å². The lowest BCUT2D eigenvalue weighted by Gasteiger charge is -2.09. The molecule has 2 aromatic rings. The molecule has 0 atom stereocenters. The van der Waals surface area contributed by atoms with Crippen LogP contribution in [0.15, 0.2) is 36.4 Å². The minimum atomic E-state index is 0.353. The molecule has 104 valence electrons. The topological polar surface area (TPSA) is 57.4 Å². The van der Waals surface area contributed by atoms with Crippen LogP contribution in [0.3, 0.4) is 0 Å². The van der Waals surface area contributed by atoms with Crippen molar-refractivity contribution in [3.8, 4) is 11.5 Å². The van der Waals surface area contributed by atoms with Gasteiger partial charge >= 0.3 is 0 Å². The number of methoxy groups -OCH3 is 1. The lowest BCUT2D eigenvalue weighted by Crippen LogP contribution is -2.09. The molecule has 0 amide bonds. The summed E-state index contributed by atoms with van der Waals surface area (Å²) in [5.41, 5.74) is 8.08. The van der Waals surface area contributed by atoms with Crippen LogP contribution in [0.25, 0.3) is 0 Å². The number of thiocarbonyl (C=S) groups is 1. The molecule has 1 aromatic carbocycles. The lowest BCUT2D eigenvalue weighted by molar-refractivity contribution is 0.300. The van der Waals surface area contributed by atoms with Gasteiger partial charge in [0.1, 0.15) is 23.1 Å². The zero-order chi connectivity index (χ0) is 14.5. The van der Waals surface area contributed by atoms with Crippen molar-refractivity contribution in [2.45, 2.75) is 13.5 Å². The van der Waals surface area contributed by atoms with Crippen LogP contribution >= 0.6 is 12.2 Å². The number of aromatic nitrogens is 1. The molecule has 2 rings (SSSR count). The third kappa shape index (κ3) is 3.68. The number of aryl methyl sites for hydroxylation is 1. The number of hydrogen-bond acceptors (Lipinski definition) is 4. The van der Waals surface area contributed by atoms with E-state index in [4.69, 9.17) is 27.4 Å². The number of rotatable bonds is 5. The summed E-state index contributed by atoms with van der Waals surface area (Å²) >= 11 is 4.94. The second-order valence-corrected chi connectivity index (χ2v) is 4.76. The molecule has 0 aliphatic heterocycles. The Morgan fingerprint density at radius 2 is 2.05 bits per heavy atom. The standard InChI is InChI=1S/C15H16N2O2S/c1-10-6-14(18-2)8-12(17-10)9-19-13-5-3-4-11(7-13)15(16)20/h3-8H,9H2,1-2H3,(H2,16,20). The van der Waals surface area contributed by atoms with Gasteiger partial charge in [-0.3, -0.25) is 4.98 Å². The van der Waals surface area contributed by atoms with Gasteiger partial charge < -0.3 is 15.2 Å². The van der Waals surface area contributed by atoms with Gasteiger partial charge in [0, 0.05) is 23.4 Å². The van der Waals surface area contributed by atoms with E-state index >= 15 is 0 Å². The van der Waals surface area contributed by atoms with Gasteiger partial charge in [0.05, 0.1) is 12.8 Å². The van der Waals surface area contributed by atoms with Gasteiger partial charge in [-0.1, -0.05) is 24.4 Å². The molecule has 0 saturated heterocycles. The van der Waals surface area contributed by atoms with Crippen molar-refractivity contribution in [1.29, 1.82) is 0 Å². The number of pyridine rings is 1. The molecule has 0 fully saturated rings. The van der Waals surface area contributed by atoms with Crippen LogP contribution < -0.4 is 15.2 Å². The first kappa shape index (κ1) is 14.3. The number of ether oxygens (including phenoxy) is 2. The number of nitrogens with zero attached hydrogens (tertiary/aromatic N) is 1. The van der Waals surface area contributed by atoms with E-state index in [1.54, 1.807) is 7.11 Å². The van der Waals surface area contributed by atoms with Crippen LogP contribution in [0.2, 0.25) is 0 Å². The Kier molecular flexibility index (Phi) is 4.53. The van der Waals surface area contributed by atoms with Crippen LogP contribution in [0.5, 0.6) is 11.5 Å². The summed E-state index contributed by atoms with van der Waals surface area (Å²) in [6, 6.07) is 11.1. The van der Waals surface area contributed by atoms with Gasteiger partial charge in [-0.05, 0) is 19.1 Å².